The molecule has 2 unspecified atom stereocenters. The van der Waals surface area contributed by atoms with Crippen LogP contribution in [0.3, 0.4) is 0 Å². The van der Waals surface area contributed by atoms with E-state index in [1.54, 1.807) is 12.3 Å². The Morgan fingerprint density at radius 3 is 2.82 bits per heavy atom. The number of fused-ring (bicyclic) bond motifs is 1. The van der Waals surface area contributed by atoms with E-state index in [0.29, 0.717) is 30.9 Å². The molecule has 7 nitrogen and oxygen atoms in total. The summed E-state index contributed by atoms with van der Waals surface area (Å²) < 4.78 is 5.49. The van der Waals surface area contributed by atoms with Gasteiger partial charge < -0.3 is 16.2 Å². The molecule has 1 fully saturated rings. The third-order valence-electron chi connectivity index (χ3n) is 4.43. The largest absolute Gasteiger partial charge is 0.381 e. The fourth-order valence-electron chi connectivity index (χ4n) is 3.14. The summed E-state index contributed by atoms with van der Waals surface area (Å²) in [6.45, 7) is 1.15. The lowest BCUT2D eigenvalue weighted by Crippen LogP contribution is -2.54. The van der Waals surface area contributed by atoms with Crippen LogP contribution in [-0.4, -0.2) is 41.8 Å². The van der Waals surface area contributed by atoms with E-state index >= 15 is 0 Å². The minimum absolute atomic E-state index is 0.0691. The van der Waals surface area contributed by atoms with Crippen molar-refractivity contribution in [3.05, 3.63) is 29.1 Å². The van der Waals surface area contributed by atoms with Crippen LogP contribution in [0.25, 0.3) is 0 Å². The zero-order valence-corrected chi connectivity index (χ0v) is 12.1. The Morgan fingerprint density at radius 1 is 1.36 bits per heavy atom. The second-order valence-corrected chi connectivity index (χ2v) is 5.77. The molecule has 7 heteroatoms. The topological polar surface area (TPSA) is 121 Å². The van der Waals surface area contributed by atoms with Gasteiger partial charge in [0.05, 0.1) is 17.9 Å². The van der Waals surface area contributed by atoms with Crippen LogP contribution >= 0.6 is 0 Å². The van der Waals surface area contributed by atoms with Crippen molar-refractivity contribution in [1.82, 2.24) is 4.98 Å². The quantitative estimate of drug-likeness (QED) is 0.803. The number of aromatic nitrogens is 1. The zero-order valence-electron chi connectivity index (χ0n) is 12.1. The summed E-state index contributed by atoms with van der Waals surface area (Å²) in [5, 5.41) is 0. The van der Waals surface area contributed by atoms with Crippen LogP contribution in [0.2, 0.25) is 0 Å². The Labute approximate surface area is 127 Å². The smallest absolute Gasteiger partial charge is 0.250 e. The van der Waals surface area contributed by atoms with Crippen LogP contribution in [-0.2, 0) is 16.0 Å². The molecule has 116 valence electrons. The van der Waals surface area contributed by atoms with Crippen LogP contribution < -0.4 is 11.5 Å². The van der Waals surface area contributed by atoms with E-state index in [0.717, 1.165) is 18.4 Å². The fourth-order valence-corrected chi connectivity index (χ4v) is 3.14. The van der Waals surface area contributed by atoms with E-state index in [1.807, 2.05) is 0 Å². The van der Waals surface area contributed by atoms with Crippen LogP contribution in [0, 0.1) is 5.92 Å². The minimum Gasteiger partial charge on any atom is -0.381 e. The Bertz CT molecular complexity index is 652. The van der Waals surface area contributed by atoms with Gasteiger partial charge >= 0.3 is 0 Å². The summed E-state index contributed by atoms with van der Waals surface area (Å²) in [4.78, 5) is 32.1. The molecule has 0 bridgehead atoms. The molecule has 0 saturated carbocycles. The molecule has 2 aliphatic heterocycles. The fraction of sp³-hybridized carbons (Fsp3) is 0.467. The maximum atomic E-state index is 12.1. The van der Waals surface area contributed by atoms with Crippen molar-refractivity contribution in [2.45, 2.75) is 24.8 Å². The highest BCUT2D eigenvalue weighted by molar-refractivity contribution is 5.95. The third kappa shape index (κ3) is 2.37. The summed E-state index contributed by atoms with van der Waals surface area (Å²) >= 11 is 0. The van der Waals surface area contributed by atoms with Gasteiger partial charge in [0, 0.05) is 31.4 Å². The number of hydrogen-bond acceptors (Lipinski definition) is 5. The first-order valence-corrected chi connectivity index (χ1v) is 7.24. The van der Waals surface area contributed by atoms with E-state index in [2.05, 4.69) is 9.98 Å². The number of pyridine rings is 1. The number of ether oxygens (including phenoxy) is 1. The van der Waals surface area contributed by atoms with Crippen molar-refractivity contribution in [2.75, 3.05) is 13.2 Å². The average Bonchev–Trinajstić information content (AvgIpc) is 2.54. The molecule has 22 heavy (non-hydrogen) atoms. The average molecular weight is 302 g/mol. The molecule has 1 aromatic heterocycles. The van der Waals surface area contributed by atoms with Gasteiger partial charge in [-0.1, -0.05) is 0 Å². The first kappa shape index (κ1) is 14.6. The molecule has 0 aliphatic carbocycles. The number of amides is 2. The molecule has 0 radical (unpaired) electrons. The summed E-state index contributed by atoms with van der Waals surface area (Å²) in [5.41, 5.74) is 11.6. The van der Waals surface area contributed by atoms with Crippen molar-refractivity contribution < 1.29 is 14.3 Å². The van der Waals surface area contributed by atoms with Crippen molar-refractivity contribution in [3.8, 4) is 0 Å². The number of nitrogens with zero attached hydrogens (tertiary/aromatic N) is 2. The normalized spacial score (nSPS) is 27.2. The number of aliphatic imine (C=N–C) groups is 1. The summed E-state index contributed by atoms with van der Waals surface area (Å²) in [7, 11) is 0. The zero-order chi connectivity index (χ0) is 15.7. The minimum atomic E-state index is -1.04. The predicted molar refractivity (Wildman–Crippen MR) is 79.5 cm³/mol. The number of rotatable bonds is 3. The first-order chi connectivity index (χ1) is 10.5. The van der Waals surface area contributed by atoms with Gasteiger partial charge in [-0.25, -0.2) is 0 Å². The van der Waals surface area contributed by atoms with Crippen LogP contribution in [0.4, 0.5) is 0 Å². The lowest BCUT2D eigenvalue weighted by Gasteiger charge is -2.38. The highest BCUT2D eigenvalue weighted by Crippen LogP contribution is 2.35. The standard InChI is InChI=1S/C15H18N4O3/c16-13(20)10-4-9-5-15(14(17)21,11-2-1-3-22-8-11)19-7-12(9)18-6-10/h4,6-7,11H,1-3,5,8H2,(H2,16,20)(H2,17,21). The maximum Gasteiger partial charge on any atom is 0.250 e. The molecule has 2 aliphatic rings. The molecule has 0 spiro atoms. The molecule has 2 atom stereocenters. The Kier molecular flexibility index (Phi) is 3.66. The lowest BCUT2D eigenvalue weighted by atomic mass is 9.74. The molecular weight excluding hydrogens is 284 g/mol. The number of primary amides is 2. The van der Waals surface area contributed by atoms with Crippen LogP contribution in [0.5, 0.6) is 0 Å². The maximum absolute atomic E-state index is 12.1. The van der Waals surface area contributed by atoms with Gasteiger partial charge in [-0.3, -0.25) is 19.6 Å². The predicted octanol–water partition coefficient (Wildman–Crippen LogP) is -0.194. The summed E-state index contributed by atoms with van der Waals surface area (Å²) in [5.74, 6) is -1.10. The van der Waals surface area contributed by atoms with Gasteiger partial charge in [0.2, 0.25) is 11.8 Å². The van der Waals surface area contributed by atoms with E-state index in [-0.39, 0.29) is 5.92 Å². The van der Waals surface area contributed by atoms with Crippen molar-refractivity contribution in [1.29, 1.82) is 0 Å². The van der Waals surface area contributed by atoms with Gasteiger partial charge in [-0.15, -0.1) is 0 Å². The van der Waals surface area contributed by atoms with Gasteiger partial charge in [0.1, 0.15) is 5.54 Å². The molecule has 1 aromatic rings. The molecule has 4 N–H and O–H groups in total. The second kappa shape index (κ2) is 5.49. The molecular formula is C15H18N4O3. The molecule has 3 heterocycles. The van der Waals surface area contributed by atoms with Crippen molar-refractivity contribution in [3.63, 3.8) is 0 Å². The Balaban J connectivity index is 2.00. The molecule has 0 aromatic carbocycles. The second-order valence-electron chi connectivity index (χ2n) is 5.77. The van der Waals surface area contributed by atoms with Crippen molar-refractivity contribution in [2.24, 2.45) is 22.4 Å². The van der Waals surface area contributed by atoms with Crippen molar-refractivity contribution >= 4 is 18.0 Å². The summed E-state index contributed by atoms with van der Waals surface area (Å²) in [6, 6.07) is 1.66. The number of carbonyl (C=O) groups excluding carboxylic acids is 2. The SMILES string of the molecule is NC(=O)c1cnc2c(c1)CC(C(N)=O)(C1CCCOC1)N=C2. The van der Waals surface area contributed by atoms with E-state index in [4.69, 9.17) is 16.2 Å². The summed E-state index contributed by atoms with van der Waals surface area (Å²) in [6.07, 6.45) is 4.99. The van der Waals surface area contributed by atoms with E-state index in [1.165, 1.54) is 6.20 Å². The van der Waals surface area contributed by atoms with Crippen LogP contribution in [0.15, 0.2) is 17.3 Å². The van der Waals surface area contributed by atoms with Crippen LogP contribution in [0.1, 0.15) is 34.5 Å². The number of carbonyl (C=O) groups is 2. The Hall–Kier alpha value is -2.28. The van der Waals surface area contributed by atoms with E-state index in [9.17, 15) is 9.59 Å². The third-order valence-corrected chi connectivity index (χ3v) is 4.43. The highest BCUT2D eigenvalue weighted by atomic mass is 16.5. The lowest BCUT2D eigenvalue weighted by molar-refractivity contribution is -0.127. The van der Waals surface area contributed by atoms with Gasteiger partial charge in [-0.05, 0) is 24.5 Å². The first-order valence-electron chi connectivity index (χ1n) is 7.24. The van der Waals surface area contributed by atoms with Gasteiger partial charge in [0.25, 0.3) is 0 Å². The van der Waals surface area contributed by atoms with E-state index < -0.39 is 17.4 Å². The van der Waals surface area contributed by atoms with Gasteiger partial charge in [-0.2, -0.15) is 0 Å². The Morgan fingerprint density at radius 2 is 2.18 bits per heavy atom. The molecule has 2 amide bonds. The number of hydrogen-bond donors (Lipinski definition) is 2. The van der Waals surface area contributed by atoms with Gasteiger partial charge in [0.15, 0.2) is 0 Å². The monoisotopic (exact) mass is 302 g/mol. The molecule has 3 rings (SSSR count). The highest BCUT2D eigenvalue weighted by Gasteiger charge is 2.46. The number of nitrogens with two attached hydrogens (primary N) is 2. The molecule has 1 saturated heterocycles.